The van der Waals surface area contributed by atoms with Crippen molar-refractivity contribution in [1.82, 2.24) is 24.6 Å². The standard InChI is InChI=1S/C21H31N5O2/c1-4-26-20(27)17-18(15(2)13-21(17)7-9-25(3)10-8-21)22-14-23-19(24-26)16-5-11-28-12-6-16/h5,14-15H,4,6-13H2,1-3H3,(H,22,23,24). The van der Waals surface area contributed by atoms with E-state index in [0.29, 0.717) is 25.6 Å². The molecular weight excluding hydrogens is 354 g/mol. The average Bonchev–Trinajstić information content (AvgIpc) is 3.01. The lowest BCUT2D eigenvalue weighted by Crippen LogP contribution is -2.43. The minimum atomic E-state index is -0.0623. The van der Waals surface area contributed by atoms with Gasteiger partial charge >= 0.3 is 0 Å². The highest BCUT2D eigenvalue weighted by Crippen LogP contribution is 2.48. The number of fused-ring (bicyclic) bond motifs is 2. The number of aromatic amines is 1. The van der Waals surface area contributed by atoms with Crippen molar-refractivity contribution >= 4 is 5.57 Å². The van der Waals surface area contributed by atoms with Crippen LogP contribution in [-0.2, 0) is 16.7 Å². The zero-order valence-electron chi connectivity index (χ0n) is 17.2. The lowest BCUT2D eigenvalue weighted by atomic mass is 9.74. The van der Waals surface area contributed by atoms with Gasteiger partial charge in [-0.05, 0) is 64.2 Å². The Bertz CT molecular complexity index is 875. The molecule has 152 valence electrons. The van der Waals surface area contributed by atoms with Crippen molar-refractivity contribution in [2.45, 2.75) is 57.4 Å². The highest BCUT2D eigenvalue weighted by atomic mass is 16.5. The fourth-order valence-electron chi connectivity index (χ4n) is 4.94. The quantitative estimate of drug-likeness (QED) is 0.846. The molecule has 28 heavy (non-hydrogen) atoms. The van der Waals surface area contributed by atoms with E-state index in [2.05, 4.69) is 29.0 Å². The highest BCUT2D eigenvalue weighted by Gasteiger charge is 2.46. The Morgan fingerprint density at radius 2 is 2.11 bits per heavy atom. The monoisotopic (exact) mass is 385 g/mol. The van der Waals surface area contributed by atoms with Gasteiger partial charge in [0.05, 0.1) is 18.9 Å². The number of hydrogen-bond acceptors (Lipinski definition) is 5. The number of nitrogens with one attached hydrogen (secondary N) is 1. The summed E-state index contributed by atoms with van der Waals surface area (Å²) in [4.78, 5) is 25.4. The Morgan fingerprint density at radius 1 is 1.32 bits per heavy atom. The fraction of sp³-hybridized carbons (Fsp3) is 0.667. The molecule has 0 amide bonds. The summed E-state index contributed by atoms with van der Waals surface area (Å²) in [6.45, 7) is 8.06. The van der Waals surface area contributed by atoms with Gasteiger partial charge in [0.1, 0.15) is 12.2 Å². The van der Waals surface area contributed by atoms with Gasteiger partial charge in [0.2, 0.25) is 0 Å². The SMILES string of the molecule is CCn1[nH]c(C2=CCOCC2)ncnc2c(c1=O)C1(CCN(C)CC1)CC2C. The third-order valence-corrected chi connectivity index (χ3v) is 6.56. The normalized spacial score (nSPS) is 24.0. The molecule has 1 unspecified atom stereocenters. The van der Waals surface area contributed by atoms with Crippen molar-refractivity contribution in [3.63, 3.8) is 0 Å². The molecule has 0 saturated carbocycles. The molecule has 1 aromatic heterocycles. The zero-order valence-corrected chi connectivity index (χ0v) is 17.2. The summed E-state index contributed by atoms with van der Waals surface area (Å²) < 4.78 is 7.14. The minimum Gasteiger partial charge on any atom is -0.377 e. The van der Waals surface area contributed by atoms with Gasteiger partial charge in [-0.15, -0.1) is 0 Å². The second-order valence-electron chi connectivity index (χ2n) is 8.39. The number of aromatic nitrogens is 4. The number of nitrogens with zero attached hydrogens (tertiary/aromatic N) is 4. The van der Waals surface area contributed by atoms with E-state index in [1.165, 1.54) is 0 Å². The third-order valence-electron chi connectivity index (χ3n) is 6.56. The van der Waals surface area contributed by atoms with E-state index < -0.39 is 0 Å². The predicted molar refractivity (Wildman–Crippen MR) is 109 cm³/mol. The maximum absolute atomic E-state index is 13.7. The van der Waals surface area contributed by atoms with E-state index in [0.717, 1.165) is 55.6 Å². The van der Waals surface area contributed by atoms with Crippen molar-refractivity contribution in [3.05, 3.63) is 39.8 Å². The Morgan fingerprint density at radius 3 is 2.79 bits per heavy atom. The maximum atomic E-state index is 13.7. The molecule has 1 atom stereocenters. The van der Waals surface area contributed by atoms with Crippen LogP contribution in [0.25, 0.3) is 5.57 Å². The summed E-state index contributed by atoms with van der Waals surface area (Å²) in [6.07, 6.45) is 7.48. The average molecular weight is 386 g/mol. The van der Waals surface area contributed by atoms with E-state index >= 15 is 0 Å². The lowest BCUT2D eigenvalue weighted by Gasteiger charge is -2.38. The van der Waals surface area contributed by atoms with Crippen LogP contribution in [0.3, 0.4) is 0 Å². The largest absolute Gasteiger partial charge is 0.377 e. The molecule has 3 aliphatic rings. The topological polar surface area (TPSA) is 76.0 Å². The van der Waals surface area contributed by atoms with Crippen molar-refractivity contribution in [2.24, 2.45) is 0 Å². The molecule has 1 N–H and O–H groups in total. The first-order chi connectivity index (χ1) is 13.5. The van der Waals surface area contributed by atoms with Crippen molar-refractivity contribution in [3.8, 4) is 0 Å². The lowest BCUT2D eigenvalue weighted by molar-refractivity contribution is 0.161. The molecule has 4 rings (SSSR count). The number of likely N-dealkylation sites (tertiary alicyclic amines) is 1. The Labute approximate surface area is 166 Å². The molecule has 3 heterocycles. The van der Waals surface area contributed by atoms with Crippen molar-refractivity contribution < 1.29 is 4.74 Å². The van der Waals surface area contributed by atoms with Crippen LogP contribution in [0.4, 0.5) is 0 Å². The van der Waals surface area contributed by atoms with Crippen LogP contribution >= 0.6 is 0 Å². The Balaban J connectivity index is 1.92. The molecule has 0 aromatic carbocycles. The molecule has 2 aliphatic heterocycles. The van der Waals surface area contributed by atoms with Gasteiger partial charge in [0.15, 0.2) is 0 Å². The summed E-state index contributed by atoms with van der Waals surface area (Å²) in [6, 6.07) is 0. The van der Waals surface area contributed by atoms with Gasteiger partial charge < -0.3 is 9.64 Å². The van der Waals surface area contributed by atoms with Crippen molar-refractivity contribution in [2.75, 3.05) is 33.4 Å². The second kappa shape index (κ2) is 7.79. The Hall–Kier alpha value is -1.99. The van der Waals surface area contributed by atoms with E-state index in [4.69, 9.17) is 9.72 Å². The number of ether oxygens (including phenoxy) is 1. The van der Waals surface area contributed by atoms with Crippen molar-refractivity contribution in [1.29, 1.82) is 0 Å². The molecule has 0 bridgehead atoms. The fourth-order valence-corrected chi connectivity index (χ4v) is 4.94. The smallest absolute Gasteiger partial charge is 0.270 e. The first-order valence-corrected chi connectivity index (χ1v) is 10.4. The molecule has 0 radical (unpaired) electrons. The second-order valence-corrected chi connectivity index (χ2v) is 8.39. The number of hydrogen-bond donors (Lipinski definition) is 1. The van der Waals surface area contributed by atoms with Crippen LogP contribution in [0.2, 0.25) is 0 Å². The Kier molecular flexibility index (Phi) is 5.38. The van der Waals surface area contributed by atoms with Crippen LogP contribution < -0.4 is 5.56 Å². The minimum absolute atomic E-state index is 0.0609. The van der Waals surface area contributed by atoms with Crippen LogP contribution in [0.15, 0.2) is 17.2 Å². The van der Waals surface area contributed by atoms with Crippen LogP contribution in [0.1, 0.15) is 62.5 Å². The molecule has 1 saturated heterocycles. The van der Waals surface area contributed by atoms with E-state index in [-0.39, 0.29) is 16.9 Å². The molecule has 1 fully saturated rings. The molecule has 7 nitrogen and oxygen atoms in total. The number of piperidine rings is 1. The van der Waals surface area contributed by atoms with Gasteiger partial charge in [-0.1, -0.05) is 13.0 Å². The summed E-state index contributed by atoms with van der Waals surface area (Å²) in [5.74, 6) is 0.977. The third kappa shape index (κ3) is 3.42. The van der Waals surface area contributed by atoms with Gasteiger partial charge in [0, 0.05) is 17.5 Å². The summed E-state index contributed by atoms with van der Waals surface area (Å²) in [5.41, 5.74) is 2.92. The molecular formula is C21H31N5O2. The van der Waals surface area contributed by atoms with E-state index in [1.54, 1.807) is 11.0 Å². The maximum Gasteiger partial charge on any atom is 0.270 e. The highest BCUT2D eigenvalue weighted by molar-refractivity contribution is 5.59. The van der Waals surface area contributed by atoms with Gasteiger partial charge in [-0.2, -0.15) is 0 Å². The van der Waals surface area contributed by atoms with Gasteiger partial charge in [-0.3, -0.25) is 14.6 Å². The van der Waals surface area contributed by atoms with Crippen LogP contribution in [-0.4, -0.2) is 58.0 Å². The van der Waals surface area contributed by atoms with E-state index in [9.17, 15) is 4.79 Å². The van der Waals surface area contributed by atoms with E-state index in [1.807, 2.05) is 13.0 Å². The molecule has 1 spiro atoms. The first kappa shape index (κ1) is 19.3. The predicted octanol–water partition coefficient (Wildman–Crippen LogP) is 2.39. The number of aryl methyl sites for hydroxylation is 1. The molecule has 1 aromatic rings. The summed E-state index contributed by atoms with van der Waals surface area (Å²) in [5, 5.41) is 3.30. The molecule has 7 heteroatoms. The van der Waals surface area contributed by atoms with Gasteiger partial charge in [-0.25, -0.2) is 9.97 Å². The van der Waals surface area contributed by atoms with Crippen LogP contribution in [0, 0.1) is 0 Å². The number of rotatable bonds is 2. The molecule has 1 aliphatic carbocycles. The summed E-state index contributed by atoms with van der Waals surface area (Å²) in [7, 11) is 2.16. The van der Waals surface area contributed by atoms with Crippen LogP contribution in [0.5, 0.6) is 0 Å². The van der Waals surface area contributed by atoms with Gasteiger partial charge in [0.25, 0.3) is 5.56 Å². The zero-order chi connectivity index (χ0) is 19.7. The number of H-pyrrole nitrogens is 1. The summed E-state index contributed by atoms with van der Waals surface area (Å²) >= 11 is 0. The first-order valence-electron chi connectivity index (χ1n) is 10.4.